The lowest BCUT2D eigenvalue weighted by Crippen LogP contribution is -2.05. The van der Waals surface area contributed by atoms with Crippen molar-refractivity contribution in [2.24, 2.45) is 5.92 Å². The van der Waals surface area contributed by atoms with Gasteiger partial charge in [-0.15, -0.1) is 0 Å². The lowest BCUT2D eigenvalue weighted by Gasteiger charge is -2.05. The third-order valence-corrected chi connectivity index (χ3v) is 2.01. The molecule has 0 aliphatic heterocycles. The van der Waals surface area contributed by atoms with E-state index in [1.807, 2.05) is 23.7 Å². The van der Waals surface area contributed by atoms with Gasteiger partial charge in [0.2, 0.25) is 0 Å². The highest BCUT2D eigenvalue weighted by atomic mass is 15.3. The van der Waals surface area contributed by atoms with E-state index in [2.05, 4.69) is 18.9 Å². The second kappa shape index (κ2) is 4.08. The van der Waals surface area contributed by atoms with Gasteiger partial charge in [0.1, 0.15) is 6.07 Å². The van der Waals surface area contributed by atoms with E-state index in [1.54, 1.807) is 0 Å². The minimum absolute atomic E-state index is 0.515. The standard InChI is InChI=1S/C10H15N3/c1-8(2)4-5-13-9(3)6-10(7-11)12-13/h6,8H,4-5H2,1-3H3. The molecule has 0 aliphatic carbocycles. The van der Waals surface area contributed by atoms with Crippen molar-refractivity contribution in [3.05, 3.63) is 17.5 Å². The average Bonchev–Trinajstić information content (AvgIpc) is 2.43. The predicted molar refractivity (Wildman–Crippen MR) is 51.1 cm³/mol. The van der Waals surface area contributed by atoms with E-state index in [4.69, 9.17) is 5.26 Å². The van der Waals surface area contributed by atoms with Gasteiger partial charge >= 0.3 is 0 Å². The van der Waals surface area contributed by atoms with Crippen LogP contribution in [-0.2, 0) is 6.54 Å². The molecule has 0 fully saturated rings. The van der Waals surface area contributed by atoms with Gasteiger partial charge in [0, 0.05) is 12.2 Å². The minimum Gasteiger partial charge on any atom is -0.269 e. The zero-order valence-electron chi connectivity index (χ0n) is 8.41. The van der Waals surface area contributed by atoms with Gasteiger partial charge in [-0.05, 0) is 25.3 Å². The van der Waals surface area contributed by atoms with Crippen LogP contribution < -0.4 is 0 Å². The van der Waals surface area contributed by atoms with Crippen LogP contribution in [0.1, 0.15) is 31.7 Å². The van der Waals surface area contributed by atoms with Crippen LogP contribution in [-0.4, -0.2) is 9.78 Å². The summed E-state index contributed by atoms with van der Waals surface area (Å²) in [5.74, 6) is 0.675. The second-order valence-electron chi connectivity index (χ2n) is 3.69. The molecular weight excluding hydrogens is 162 g/mol. The van der Waals surface area contributed by atoms with Crippen molar-refractivity contribution in [3.63, 3.8) is 0 Å². The van der Waals surface area contributed by atoms with Gasteiger partial charge in [0.05, 0.1) is 0 Å². The fraction of sp³-hybridized carbons (Fsp3) is 0.600. The molecule has 0 N–H and O–H groups in total. The van der Waals surface area contributed by atoms with Gasteiger partial charge < -0.3 is 0 Å². The quantitative estimate of drug-likeness (QED) is 0.709. The molecule has 0 atom stereocenters. The molecule has 1 aromatic rings. The third kappa shape index (κ3) is 2.59. The highest BCUT2D eigenvalue weighted by Gasteiger charge is 2.03. The van der Waals surface area contributed by atoms with Crippen LogP contribution in [0.4, 0.5) is 0 Å². The Balaban J connectivity index is 2.67. The fourth-order valence-electron chi connectivity index (χ4n) is 1.17. The van der Waals surface area contributed by atoms with Crippen LogP contribution >= 0.6 is 0 Å². The van der Waals surface area contributed by atoms with Crippen molar-refractivity contribution in [2.45, 2.75) is 33.7 Å². The maximum absolute atomic E-state index is 8.63. The molecular formula is C10H15N3. The number of nitriles is 1. The number of aromatic nitrogens is 2. The maximum atomic E-state index is 8.63. The third-order valence-electron chi connectivity index (χ3n) is 2.01. The van der Waals surface area contributed by atoms with E-state index >= 15 is 0 Å². The van der Waals surface area contributed by atoms with E-state index in [9.17, 15) is 0 Å². The van der Waals surface area contributed by atoms with Crippen molar-refractivity contribution in [1.29, 1.82) is 5.26 Å². The van der Waals surface area contributed by atoms with Crippen molar-refractivity contribution in [3.8, 4) is 6.07 Å². The number of rotatable bonds is 3. The normalized spacial score (nSPS) is 10.4. The molecule has 1 aromatic heterocycles. The lowest BCUT2D eigenvalue weighted by atomic mass is 10.1. The summed E-state index contributed by atoms with van der Waals surface area (Å²) in [4.78, 5) is 0. The Morgan fingerprint density at radius 3 is 2.77 bits per heavy atom. The Hall–Kier alpha value is -1.30. The zero-order chi connectivity index (χ0) is 9.84. The molecule has 1 rings (SSSR count). The average molecular weight is 177 g/mol. The van der Waals surface area contributed by atoms with Gasteiger partial charge in [0.15, 0.2) is 5.69 Å². The lowest BCUT2D eigenvalue weighted by molar-refractivity contribution is 0.480. The first-order chi connectivity index (χ1) is 6.13. The smallest absolute Gasteiger partial charge is 0.162 e. The van der Waals surface area contributed by atoms with Gasteiger partial charge in [0.25, 0.3) is 0 Å². The van der Waals surface area contributed by atoms with E-state index in [0.717, 1.165) is 18.7 Å². The summed E-state index contributed by atoms with van der Waals surface area (Å²) in [7, 11) is 0. The Kier molecular flexibility index (Phi) is 3.07. The number of aryl methyl sites for hydroxylation is 2. The molecule has 0 saturated carbocycles. The van der Waals surface area contributed by atoms with Crippen LogP contribution in [0.15, 0.2) is 6.07 Å². The topological polar surface area (TPSA) is 41.6 Å². The van der Waals surface area contributed by atoms with Crippen molar-refractivity contribution in [1.82, 2.24) is 9.78 Å². The summed E-state index contributed by atoms with van der Waals surface area (Å²) in [6.45, 7) is 7.26. The number of hydrogen-bond donors (Lipinski definition) is 0. The maximum Gasteiger partial charge on any atom is 0.162 e. The Labute approximate surface area is 79.0 Å². The molecule has 0 bridgehead atoms. The molecule has 0 amide bonds. The Morgan fingerprint density at radius 2 is 2.31 bits per heavy atom. The highest BCUT2D eigenvalue weighted by molar-refractivity contribution is 5.21. The predicted octanol–water partition coefficient (Wildman–Crippen LogP) is 2.11. The molecule has 0 aliphatic rings. The highest BCUT2D eigenvalue weighted by Crippen LogP contribution is 2.06. The number of hydrogen-bond acceptors (Lipinski definition) is 2. The van der Waals surface area contributed by atoms with Crippen LogP contribution in [0.3, 0.4) is 0 Å². The molecule has 0 spiro atoms. The largest absolute Gasteiger partial charge is 0.269 e. The first-order valence-electron chi connectivity index (χ1n) is 4.58. The van der Waals surface area contributed by atoms with E-state index < -0.39 is 0 Å². The molecule has 0 saturated heterocycles. The van der Waals surface area contributed by atoms with Crippen molar-refractivity contribution >= 4 is 0 Å². The van der Waals surface area contributed by atoms with Crippen LogP contribution in [0.5, 0.6) is 0 Å². The first kappa shape index (κ1) is 9.79. The summed E-state index contributed by atoms with van der Waals surface area (Å²) in [5.41, 5.74) is 1.58. The molecule has 0 aromatic carbocycles. The Morgan fingerprint density at radius 1 is 1.62 bits per heavy atom. The zero-order valence-corrected chi connectivity index (χ0v) is 8.41. The molecule has 3 heteroatoms. The van der Waals surface area contributed by atoms with E-state index in [0.29, 0.717) is 11.6 Å². The second-order valence-corrected chi connectivity index (χ2v) is 3.69. The monoisotopic (exact) mass is 177 g/mol. The summed E-state index contributed by atoms with van der Waals surface area (Å²) >= 11 is 0. The van der Waals surface area contributed by atoms with Gasteiger partial charge in [-0.25, -0.2) is 0 Å². The van der Waals surface area contributed by atoms with Crippen molar-refractivity contribution < 1.29 is 0 Å². The molecule has 1 heterocycles. The van der Waals surface area contributed by atoms with Gasteiger partial charge in [-0.3, -0.25) is 4.68 Å². The van der Waals surface area contributed by atoms with Crippen LogP contribution in [0, 0.1) is 24.2 Å². The summed E-state index contributed by atoms with van der Waals surface area (Å²) in [6, 6.07) is 3.86. The molecule has 70 valence electrons. The summed E-state index contributed by atoms with van der Waals surface area (Å²) < 4.78 is 1.90. The number of nitrogens with zero attached hydrogens (tertiary/aromatic N) is 3. The van der Waals surface area contributed by atoms with Crippen LogP contribution in [0.25, 0.3) is 0 Å². The van der Waals surface area contributed by atoms with Gasteiger partial charge in [-0.1, -0.05) is 13.8 Å². The molecule has 13 heavy (non-hydrogen) atoms. The summed E-state index contributed by atoms with van der Waals surface area (Å²) in [6.07, 6.45) is 1.10. The van der Waals surface area contributed by atoms with Crippen LogP contribution in [0.2, 0.25) is 0 Å². The van der Waals surface area contributed by atoms with E-state index in [1.165, 1.54) is 0 Å². The SMILES string of the molecule is Cc1cc(C#N)nn1CCC(C)C. The minimum atomic E-state index is 0.515. The Bertz CT molecular complexity index is 317. The summed E-state index contributed by atoms with van der Waals surface area (Å²) in [5, 5.41) is 12.8. The van der Waals surface area contributed by atoms with Crippen molar-refractivity contribution in [2.75, 3.05) is 0 Å². The van der Waals surface area contributed by atoms with Gasteiger partial charge in [-0.2, -0.15) is 10.4 Å². The van der Waals surface area contributed by atoms with E-state index in [-0.39, 0.29) is 0 Å². The molecule has 0 unspecified atom stereocenters. The first-order valence-corrected chi connectivity index (χ1v) is 4.58. The fourth-order valence-corrected chi connectivity index (χ4v) is 1.17. The molecule has 3 nitrogen and oxygen atoms in total. The molecule has 0 radical (unpaired) electrons.